The molecule has 0 bridgehead atoms. The van der Waals surface area contributed by atoms with Gasteiger partial charge < -0.3 is 9.88 Å². The quantitative estimate of drug-likeness (QED) is 0.259. The number of anilines is 1. The molecule has 0 aliphatic heterocycles. The van der Waals surface area contributed by atoms with Gasteiger partial charge in [0.05, 0.1) is 22.5 Å². The number of aromatic nitrogens is 3. The number of nitrogens with one attached hydrogen (secondary N) is 1. The van der Waals surface area contributed by atoms with Crippen molar-refractivity contribution in [3.63, 3.8) is 0 Å². The minimum atomic E-state index is -4.13. The molecule has 39 heavy (non-hydrogen) atoms. The predicted molar refractivity (Wildman–Crippen MR) is 152 cm³/mol. The first-order valence-electron chi connectivity index (χ1n) is 12.1. The molecular weight excluding hydrogens is 532 g/mol. The standard InChI is InChI=1S/C30H21ClN4O3S/c31-22-17-15-21(16-18-22)30(36)34-29-27(39(37,38)23-11-5-2-6-12-23)26-28(33-25-14-8-7-13-24(25)32-26)35(29)19-20-9-3-1-4-10-20/h1-18H,19H2,(H,34,36). The van der Waals surface area contributed by atoms with E-state index in [1.54, 1.807) is 53.1 Å². The number of carbonyl (C=O) groups excluding carboxylic acids is 1. The Hall–Kier alpha value is -4.53. The number of hydrogen-bond acceptors (Lipinski definition) is 5. The third-order valence-corrected chi connectivity index (χ3v) is 8.42. The van der Waals surface area contributed by atoms with Gasteiger partial charge in [0.15, 0.2) is 5.65 Å². The number of fused-ring (bicyclic) bond motifs is 2. The maximum absolute atomic E-state index is 14.2. The summed E-state index contributed by atoms with van der Waals surface area (Å²) in [7, 11) is -4.13. The zero-order chi connectivity index (χ0) is 27.0. The lowest BCUT2D eigenvalue weighted by Gasteiger charge is -2.14. The molecule has 192 valence electrons. The van der Waals surface area contributed by atoms with Crippen LogP contribution in [0.15, 0.2) is 119 Å². The first kappa shape index (κ1) is 24.8. The molecule has 1 N–H and O–H groups in total. The van der Waals surface area contributed by atoms with Crippen molar-refractivity contribution in [2.24, 2.45) is 0 Å². The smallest absolute Gasteiger partial charge is 0.256 e. The second-order valence-electron chi connectivity index (χ2n) is 8.91. The lowest BCUT2D eigenvalue weighted by molar-refractivity contribution is 0.102. The van der Waals surface area contributed by atoms with E-state index in [9.17, 15) is 13.2 Å². The number of rotatable bonds is 6. The average Bonchev–Trinajstić information content (AvgIpc) is 3.25. The molecule has 0 saturated heterocycles. The summed E-state index contributed by atoms with van der Waals surface area (Å²) in [5, 5.41) is 3.36. The van der Waals surface area contributed by atoms with Crippen LogP contribution in [0.5, 0.6) is 0 Å². The first-order chi connectivity index (χ1) is 18.9. The van der Waals surface area contributed by atoms with E-state index in [2.05, 4.69) is 5.32 Å². The molecule has 2 aromatic heterocycles. The van der Waals surface area contributed by atoms with Crippen molar-refractivity contribution in [2.75, 3.05) is 5.32 Å². The highest BCUT2D eigenvalue weighted by molar-refractivity contribution is 7.92. The molecule has 7 nitrogen and oxygen atoms in total. The van der Waals surface area contributed by atoms with Gasteiger partial charge >= 0.3 is 0 Å². The Morgan fingerprint density at radius 1 is 0.769 bits per heavy atom. The zero-order valence-electron chi connectivity index (χ0n) is 20.5. The summed E-state index contributed by atoms with van der Waals surface area (Å²) in [4.78, 5) is 23.0. The van der Waals surface area contributed by atoms with E-state index >= 15 is 0 Å². The van der Waals surface area contributed by atoms with E-state index in [1.165, 1.54) is 12.1 Å². The zero-order valence-corrected chi connectivity index (χ0v) is 22.0. The Bertz CT molecular complexity index is 1940. The van der Waals surface area contributed by atoms with E-state index in [0.29, 0.717) is 27.3 Å². The van der Waals surface area contributed by atoms with Crippen LogP contribution in [0.4, 0.5) is 5.82 Å². The lowest BCUT2D eigenvalue weighted by atomic mass is 10.2. The number of para-hydroxylation sites is 2. The minimum absolute atomic E-state index is 0.0840. The molecule has 9 heteroatoms. The fourth-order valence-corrected chi connectivity index (χ4v) is 6.15. The molecule has 0 aliphatic carbocycles. The van der Waals surface area contributed by atoms with Crippen LogP contribution in [-0.2, 0) is 16.4 Å². The highest BCUT2D eigenvalue weighted by atomic mass is 35.5. The normalized spacial score (nSPS) is 11.6. The van der Waals surface area contributed by atoms with E-state index < -0.39 is 15.7 Å². The van der Waals surface area contributed by atoms with Crippen molar-refractivity contribution in [3.8, 4) is 0 Å². The molecule has 0 unspecified atom stereocenters. The van der Waals surface area contributed by atoms with Gasteiger partial charge in [0, 0.05) is 10.6 Å². The molecule has 4 aromatic carbocycles. The SMILES string of the molecule is O=C(Nc1c(S(=O)(=O)c2ccccc2)c2nc3ccccc3nc2n1Cc1ccccc1)c1ccc(Cl)cc1. The molecule has 2 heterocycles. The van der Waals surface area contributed by atoms with Crippen LogP contribution < -0.4 is 5.32 Å². The summed E-state index contributed by atoms with van der Waals surface area (Å²) in [5.41, 5.74) is 2.90. The van der Waals surface area contributed by atoms with Crippen LogP contribution >= 0.6 is 11.6 Å². The van der Waals surface area contributed by atoms with E-state index in [1.807, 2.05) is 48.5 Å². The number of benzene rings is 4. The van der Waals surface area contributed by atoms with Crippen molar-refractivity contribution in [1.29, 1.82) is 0 Å². The Morgan fingerprint density at radius 2 is 1.36 bits per heavy atom. The van der Waals surface area contributed by atoms with Crippen molar-refractivity contribution >= 4 is 55.4 Å². The summed E-state index contributed by atoms with van der Waals surface area (Å²) in [6.07, 6.45) is 0. The van der Waals surface area contributed by atoms with Gasteiger partial charge in [-0.05, 0) is 54.1 Å². The van der Waals surface area contributed by atoms with Gasteiger partial charge in [0.2, 0.25) is 9.84 Å². The molecule has 0 fully saturated rings. The number of hydrogen-bond donors (Lipinski definition) is 1. The fourth-order valence-electron chi connectivity index (χ4n) is 4.47. The van der Waals surface area contributed by atoms with Crippen LogP contribution in [0, 0.1) is 0 Å². The second kappa shape index (κ2) is 9.98. The lowest BCUT2D eigenvalue weighted by Crippen LogP contribution is -2.18. The molecule has 6 rings (SSSR count). The van der Waals surface area contributed by atoms with Crippen molar-refractivity contribution < 1.29 is 13.2 Å². The number of amides is 1. The summed E-state index contributed by atoms with van der Waals surface area (Å²) in [5.74, 6) is -0.397. The third-order valence-electron chi connectivity index (χ3n) is 6.35. The Kier molecular flexibility index (Phi) is 6.34. The van der Waals surface area contributed by atoms with Crippen molar-refractivity contribution in [3.05, 3.63) is 125 Å². The molecular formula is C30H21ClN4O3S. The Labute approximate surface area is 229 Å². The second-order valence-corrected chi connectivity index (χ2v) is 11.2. The summed E-state index contributed by atoms with van der Waals surface area (Å²) >= 11 is 6.02. The highest BCUT2D eigenvalue weighted by Gasteiger charge is 2.32. The summed E-state index contributed by atoms with van der Waals surface area (Å²) in [6.45, 7) is 0.255. The van der Waals surface area contributed by atoms with Crippen LogP contribution in [0.2, 0.25) is 5.02 Å². The monoisotopic (exact) mass is 552 g/mol. The number of halogens is 1. The predicted octanol–water partition coefficient (Wildman–Crippen LogP) is 6.37. The third kappa shape index (κ3) is 4.65. The Morgan fingerprint density at radius 3 is 2.03 bits per heavy atom. The topological polar surface area (TPSA) is 93.9 Å². The van der Waals surface area contributed by atoms with Gasteiger partial charge in [0.1, 0.15) is 16.2 Å². The molecule has 6 aromatic rings. The maximum Gasteiger partial charge on any atom is 0.256 e. The fraction of sp³-hybridized carbons (Fsp3) is 0.0333. The number of sulfone groups is 1. The van der Waals surface area contributed by atoms with Gasteiger partial charge in [-0.15, -0.1) is 0 Å². The summed E-state index contributed by atoms with van der Waals surface area (Å²) < 4.78 is 30.1. The molecule has 0 radical (unpaired) electrons. The molecule has 0 atom stereocenters. The van der Waals surface area contributed by atoms with Crippen LogP contribution in [0.1, 0.15) is 15.9 Å². The van der Waals surface area contributed by atoms with Crippen molar-refractivity contribution in [2.45, 2.75) is 16.3 Å². The van der Waals surface area contributed by atoms with E-state index in [4.69, 9.17) is 21.6 Å². The van der Waals surface area contributed by atoms with Gasteiger partial charge in [-0.25, -0.2) is 18.4 Å². The van der Waals surface area contributed by atoms with Gasteiger partial charge in [-0.1, -0.05) is 72.3 Å². The van der Waals surface area contributed by atoms with E-state index in [0.717, 1.165) is 5.56 Å². The number of carbonyl (C=O) groups is 1. The van der Waals surface area contributed by atoms with E-state index in [-0.39, 0.29) is 27.7 Å². The van der Waals surface area contributed by atoms with Gasteiger partial charge in [-0.3, -0.25) is 4.79 Å². The maximum atomic E-state index is 14.2. The Balaban J connectivity index is 1.66. The average molecular weight is 553 g/mol. The molecule has 1 amide bonds. The largest absolute Gasteiger partial charge is 0.307 e. The van der Waals surface area contributed by atoms with Crippen molar-refractivity contribution in [1.82, 2.24) is 14.5 Å². The molecule has 0 spiro atoms. The first-order valence-corrected chi connectivity index (χ1v) is 14.0. The van der Waals surface area contributed by atoms with Crippen LogP contribution in [0.25, 0.3) is 22.2 Å². The summed E-state index contributed by atoms with van der Waals surface area (Å²) in [6, 6.07) is 31.3. The van der Waals surface area contributed by atoms with Crippen LogP contribution in [0.3, 0.4) is 0 Å². The van der Waals surface area contributed by atoms with Gasteiger partial charge in [0.25, 0.3) is 5.91 Å². The van der Waals surface area contributed by atoms with Crippen LogP contribution in [-0.4, -0.2) is 28.9 Å². The van der Waals surface area contributed by atoms with Gasteiger partial charge in [-0.2, -0.15) is 0 Å². The minimum Gasteiger partial charge on any atom is -0.307 e. The number of nitrogens with zero attached hydrogens (tertiary/aromatic N) is 3. The highest BCUT2D eigenvalue weighted by Crippen LogP contribution is 2.37. The molecule has 0 saturated carbocycles. The molecule has 0 aliphatic rings.